The summed E-state index contributed by atoms with van der Waals surface area (Å²) in [5.74, 6) is -0.691. The highest BCUT2D eigenvalue weighted by molar-refractivity contribution is 5.93. The van der Waals surface area contributed by atoms with E-state index in [2.05, 4.69) is 10.6 Å². The molecule has 0 saturated heterocycles. The molecule has 0 fully saturated rings. The summed E-state index contributed by atoms with van der Waals surface area (Å²) in [6.07, 6.45) is 2.79. The Bertz CT molecular complexity index is 543. The summed E-state index contributed by atoms with van der Waals surface area (Å²) in [6.45, 7) is 14.1. The lowest BCUT2D eigenvalue weighted by atomic mass is 9.89. The van der Waals surface area contributed by atoms with Crippen molar-refractivity contribution in [1.29, 1.82) is 0 Å². The first-order valence-electron chi connectivity index (χ1n) is 11.1. The fraction of sp³-hybridized carbons (Fsp3) is 0.826. The van der Waals surface area contributed by atoms with Crippen LogP contribution in [0.2, 0.25) is 0 Å². The van der Waals surface area contributed by atoms with Crippen LogP contribution in [0.25, 0.3) is 0 Å². The van der Waals surface area contributed by atoms with E-state index in [1.807, 2.05) is 34.6 Å². The van der Waals surface area contributed by atoms with E-state index >= 15 is 0 Å². The van der Waals surface area contributed by atoms with Crippen LogP contribution in [0.1, 0.15) is 87.0 Å². The minimum absolute atomic E-state index is 0.0503. The smallest absolute Gasteiger partial charge is 0.224 e. The highest BCUT2D eigenvalue weighted by atomic mass is 16.2. The van der Waals surface area contributed by atoms with Crippen LogP contribution in [0.3, 0.4) is 0 Å². The first-order valence-corrected chi connectivity index (χ1v) is 11.1. The van der Waals surface area contributed by atoms with Crippen molar-refractivity contribution in [3.8, 4) is 0 Å². The lowest BCUT2D eigenvalue weighted by Gasteiger charge is -2.23. The molecule has 2 N–H and O–H groups in total. The third kappa shape index (κ3) is 11.8. The molecule has 0 aliphatic carbocycles. The van der Waals surface area contributed by atoms with Crippen molar-refractivity contribution in [1.82, 2.24) is 10.6 Å². The Kier molecular flexibility index (Phi) is 13.4. The van der Waals surface area contributed by atoms with Crippen LogP contribution in [0.15, 0.2) is 0 Å². The maximum atomic E-state index is 12.7. The van der Waals surface area contributed by atoms with Gasteiger partial charge < -0.3 is 10.6 Å². The molecule has 0 aliphatic rings. The summed E-state index contributed by atoms with van der Waals surface area (Å²) in [4.78, 5) is 49.7. The maximum absolute atomic E-state index is 12.7. The molecule has 0 rings (SSSR count). The standard InChI is InChI=1S/C23H42N2O4/c1-8-10-24-22(28)19(12-16(5)6)14-21(27)17(7)25-23(29)18(11-15(3)4)13-20(26)9-2/h15-19H,8-14H2,1-7H3,(H,24,28)(H,25,29). The second-order valence-electron chi connectivity index (χ2n) is 8.94. The Morgan fingerprint density at radius 3 is 1.72 bits per heavy atom. The number of carbonyl (C=O) groups excluding carboxylic acids is 4. The second-order valence-corrected chi connectivity index (χ2v) is 8.94. The fourth-order valence-corrected chi connectivity index (χ4v) is 3.35. The van der Waals surface area contributed by atoms with E-state index in [4.69, 9.17) is 0 Å². The molecule has 0 spiro atoms. The van der Waals surface area contributed by atoms with Gasteiger partial charge in [-0.05, 0) is 38.0 Å². The van der Waals surface area contributed by atoms with Crippen molar-refractivity contribution in [3.63, 3.8) is 0 Å². The molecule has 0 saturated carbocycles. The average Bonchev–Trinajstić information content (AvgIpc) is 2.63. The first-order chi connectivity index (χ1) is 13.5. The molecule has 3 unspecified atom stereocenters. The molecule has 6 heteroatoms. The molecular formula is C23H42N2O4. The summed E-state index contributed by atoms with van der Waals surface area (Å²) in [6, 6.07) is -0.678. The monoisotopic (exact) mass is 410 g/mol. The summed E-state index contributed by atoms with van der Waals surface area (Å²) >= 11 is 0. The van der Waals surface area contributed by atoms with Gasteiger partial charge in [-0.25, -0.2) is 0 Å². The Morgan fingerprint density at radius 2 is 1.28 bits per heavy atom. The highest BCUT2D eigenvalue weighted by Crippen LogP contribution is 2.19. The zero-order chi connectivity index (χ0) is 22.6. The van der Waals surface area contributed by atoms with Crippen LogP contribution in [0.4, 0.5) is 0 Å². The van der Waals surface area contributed by atoms with Gasteiger partial charge in [-0.3, -0.25) is 19.2 Å². The van der Waals surface area contributed by atoms with Crippen LogP contribution in [0, 0.1) is 23.7 Å². The predicted octanol–water partition coefficient (Wildman–Crippen LogP) is 3.67. The van der Waals surface area contributed by atoms with E-state index in [1.54, 1.807) is 13.8 Å². The molecular weight excluding hydrogens is 368 g/mol. The number of rotatable bonds is 15. The molecule has 0 aliphatic heterocycles. The van der Waals surface area contributed by atoms with Gasteiger partial charge in [0.15, 0.2) is 5.78 Å². The van der Waals surface area contributed by atoms with E-state index in [1.165, 1.54) is 0 Å². The minimum atomic E-state index is -0.678. The molecule has 0 radical (unpaired) electrons. The van der Waals surface area contributed by atoms with Gasteiger partial charge in [0.05, 0.1) is 6.04 Å². The SMILES string of the molecule is CCCNC(=O)C(CC(=O)C(C)NC(=O)C(CC(=O)CC)CC(C)C)CC(C)C. The van der Waals surface area contributed by atoms with Crippen LogP contribution in [-0.4, -0.2) is 36.0 Å². The number of ketones is 2. The Labute approximate surface area is 177 Å². The Balaban J connectivity index is 5.00. The van der Waals surface area contributed by atoms with Crippen molar-refractivity contribution < 1.29 is 19.2 Å². The van der Waals surface area contributed by atoms with Crippen LogP contribution >= 0.6 is 0 Å². The maximum Gasteiger partial charge on any atom is 0.224 e. The lowest BCUT2D eigenvalue weighted by molar-refractivity contribution is -0.134. The van der Waals surface area contributed by atoms with Gasteiger partial charge in [0.25, 0.3) is 0 Å². The average molecular weight is 411 g/mol. The van der Waals surface area contributed by atoms with Crippen molar-refractivity contribution in [3.05, 3.63) is 0 Å². The van der Waals surface area contributed by atoms with E-state index in [0.717, 1.165) is 6.42 Å². The summed E-state index contributed by atoms with van der Waals surface area (Å²) in [5.41, 5.74) is 0. The number of Topliss-reactive ketones (excluding diaryl/α,β-unsaturated/α-hetero) is 2. The van der Waals surface area contributed by atoms with E-state index in [0.29, 0.717) is 31.7 Å². The Hall–Kier alpha value is -1.72. The van der Waals surface area contributed by atoms with Crippen LogP contribution in [-0.2, 0) is 19.2 Å². The molecule has 0 aromatic heterocycles. The summed E-state index contributed by atoms with van der Waals surface area (Å²) in [7, 11) is 0. The number of nitrogens with one attached hydrogen (secondary N) is 2. The van der Waals surface area contributed by atoms with Crippen LogP contribution < -0.4 is 10.6 Å². The van der Waals surface area contributed by atoms with E-state index in [-0.39, 0.29) is 48.1 Å². The zero-order valence-corrected chi connectivity index (χ0v) is 19.5. The van der Waals surface area contributed by atoms with Crippen LogP contribution in [0.5, 0.6) is 0 Å². The van der Waals surface area contributed by atoms with Gasteiger partial charge in [0.1, 0.15) is 5.78 Å². The summed E-state index contributed by atoms with van der Waals surface area (Å²) < 4.78 is 0. The topological polar surface area (TPSA) is 92.3 Å². The van der Waals surface area contributed by atoms with Gasteiger partial charge in [0, 0.05) is 37.6 Å². The van der Waals surface area contributed by atoms with Crippen molar-refractivity contribution in [2.45, 2.75) is 93.0 Å². The lowest BCUT2D eigenvalue weighted by Crippen LogP contribution is -2.44. The van der Waals surface area contributed by atoms with E-state index in [9.17, 15) is 19.2 Å². The third-order valence-corrected chi connectivity index (χ3v) is 4.96. The molecule has 0 heterocycles. The molecule has 6 nitrogen and oxygen atoms in total. The Morgan fingerprint density at radius 1 is 0.759 bits per heavy atom. The number of amides is 2. The largest absolute Gasteiger partial charge is 0.356 e. The fourth-order valence-electron chi connectivity index (χ4n) is 3.35. The molecule has 0 aromatic carbocycles. The second kappa shape index (κ2) is 14.3. The summed E-state index contributed by atoms with van der Waals surface area (Å²) in [5, 5.41) is 5.66. The van der Waals surface area contributed by atoms with Gasteiger partial charge in [0.2, 0.25) is 11.8 Å². The molecule has 2 amide bonds. The minimum Gasteiger partial charge on any atom is -0.356 e. The normalized spacial score (nSPS) is 14.4. The van der Waals surface area contributed by atoms with Crippen molar-refractivity contribution >= 4 is 23.4 Å². The number of carbonyl (C=O) groups is 4. The number of hydrogen-bond donors (Lipinski definition) is 2. The third-order valence-electron chi connectivity index (χ3n) is 4.96. The zero-order valence-electron chi connectivity index (χ0n) is 19.5. The van der Waals surface area contributed by atoms with Gasteiger partial charge in [-0.1, -0.05) is 41.5 Å². The molecule has 3 atom stereocenters. The first kappa shape index (κ1) is 27.3. The van der Waals surface area contributed by atoms with Crippen molar-refractivity contribution in [2.75, 3.05) is 6.54 Å². The molecule has 29 heavy (non-hydrogen) atoms. The molecule has 0 aromatic rings. The van der Waals surface area contributed by atoms with Gasteiger partial charge in [-0.2, -0.15) is 0 Å². The van der Waals surface area contributed by atoms with Gasteiger partial charge >= 0.3 is 0 Å². The van der Waals surface area contributed by atoms with Gasteiger partial charge in [-0.15, -0.1) is 0 Å². The predicted molar refractivity (Wildman–Crippen MR) is 116 cm³/mol. The van der Waals surface area contributed by atoms with E-state index < -0.39 is 12.0 Å². The van der Waals surface area contributed by atoms with Crippen molar-refractivity contribution in [2.24, 2.45) is 23.7 Å². The molecule has 168 valence electrons. The number of hydrogen-bond acceptors (Lipinski definition) is 4. The molecule has 0 bridgehead atoms. The highest BCUT2D eigenvalue weighted by Gasteiger charge is 2.28. The quantitative estimate of drug-likeness (QED) is 0.431.